The number of alkyl halides is 1. The number of likely N-dealkylation sites (tertiary alicyclic amines) is 2. The number of hydrogen-bond acceptors (Lipinski definition) is 3. The number of nitrogens with zero attached hydrogens (tertiary/aromatic N) is 3. The highest BCUT2D eigenvalue weighted by Crippen LogP contribution is 2.37. The third-order valence-electron chi connectivity index (χ3n) is 6.12. The predicted octanol–water partition coefficient (Wildman–Crippen LogP) is 3.18. The number of benzene rings is 1. The summed E-state index contributed by atoms with van der Waals surface area (Å²) in [5, 5.41) is 9.90. The van der Waals surface area contributed by atoms with Gasteiger partial charge in [0.25, 0.3) is 0 Å². The summed E-state index contributed by atoms with van der Waals surface area (Å²) in [4.78, 5) is 17.3. The minimum atomic E-state index is -0.806. The van der Waals surface area contributed by atoms with Crippen molar-refractivity contribution in [1.29, 1.82) is 0 Å². The Labute approximate surface area is 158 Å². The Morgan fingerprint density at radius 2 is 1.92 bits per heavy atom. The number of amides is 1. The van der Waals surface area contributed by atoms with E-state index in [1.54, 1.807) is 4.90 Å². The molecular weight excluding hydrogens is 357 g/mol. The second-order valence-corrected chi connectivity index (χ2v) is 8.31. The van der Waals surface area contributed by atoms with E-state index in [1.807, 2.05) is 12.1 Å². The number of rotatable bonds is 4. The van der Waals surface area contributed by atoms with Gasteiger partial charge in [0, 0.05) is 51.7 Å². The Kier molecular flexibility index (Phi) is 4.97. The second-order valence-electron chi connectivity index (χ2n) is 7.90. The molecule has 0 aliphatic carbocycles. The van der Waals surface area contributed by atoms with Crippen LogP contribution in [0.25, 0.3) is 0 Å². The maximum atomic E-state index is 13.0. The third kappa shape index (κ3) is 3.37. The molecule has 0 bridgehead atoms. The van der Waals surface area contributed by atoms with Crippen molar-refractivity contribution >= 4 is 23.4 Å². The highest BCUT2D eigenvalue weighted by Gasteiger charge is 2.41. The van der Waals surface area contributed by atoms with Crippen molar-refractivity contribution in [3.05, 3.63) is 28.8 Å². The van der Waals surface area contributed by atoms with Gasteiger partial charge in [-0.2, -0.15) is 0 Å². The monoisotopic (exact) mass is 381 g/mol. The minimum absolute atomic E-state index is 0.104. The fourth-order valence-electron chi connectivity index (χ4n) is 4.82. The van der Waals surface area contributed by atoms with Gasteiger partial charge in [-0.3, -0.25) is 9.29 Å². The first-order valence-electron chi connectivity index (χ1n) is 9.33. The summed E-state index contributed by atoms with van der Waals surface area (Å²) in [5.74, 6) is 0.958. The molecule has 1 N–H and O–H groups in total. The normalized spacial score (nSPS) is 28.8. The van der Waals surface area contributed by atoms with Crippen molar-refractivity contribution in [2.45, 2.75) is 13.0 Å². The fourth-order valence-corrected chi connectivity index (χ4v) is 5.13. The zero-order valence-electron chi connectivity index (χ0n) is 14.8. The van der Waals surface area contributed by atoms with Gasteiger partial charge in [-0.15, -0.1) is 0 Å². The lowest BCUT2D eigenvalue weighted by Gasteiger charge is -2.26. The molecule has 3 fully saturated rings. The summed E-state index contributed by atoms with van der Waals surface area (Å²) >= 11 is 6.51. The van der Waals surface area contributed by atoms with E-state index in [-0.39, 0.29) is 12.6 Å². The first-order chi connectivity index (χ1) is 12.5. The first-order valence-corrected chi connectivity index (χ1v) is 9.71. The zero-order chi connectivity index (χ0) is 18.3. The van der Waals surface area contributed by atoms with Gasteiger partial charge in [0.1, 0.15) is 0 Å². The molecule has 0 spiro atoms. The standard InChI is InChI=1S/C19H25ClFN3O2/c20-17-3-1-2-14(18(17)23-5-4-13(6-21)7-23)8-22-9-15-11-24(19(25)26)12-16(15)10-22/h1-3,13,15-16H,4-12H2,(H,25,26)/t13-,15?,16?/m1/s1. The molecule has 1 aromatic rings. The first kappa shape index (κ1) is 17.9. The molecule has 3 heterocycles. The summed E-state index contributed by atoms with van der Waals surface area (Å²) in [6.45, 7) is 5.25. The fraction of sp³-hybridized carbons (Fsp3) is 0.632. The highest BCUT2D eigenvalue weighted by molar-refractivity contribution is 6.33. The predicted molar refractivity (Wildman–Crippen MR) is 99.6 cm³/mol. The van der Waals surface area contributed by atoms with Crippen molar-refractivity contribution in [2.24, 2.45) is 17.8 Å². The number of carbonyl (C=O) groups is 1. The quantitative estimate of drug-likeness (QED) is 0.870. The molecule has 1 aromatic carbocycles. The van der Waals surface area contributed by atoms with Gasteiger partial charge in [-0.05, 0) is 29.9 Å². The highest BCUT2D eigenvalue weighted by atomic mass is 35.5. The van der Waals surface area contributed by atoms with Crippen LogP contribution in [0.15, 0.2) is 18.2 Å². The minimum Gasteiger partial charge on any atom is -0.465 e. The average molecular weight is 382 g/mol. The summed E-state index contributed by atoms with van der Waals surface area (Å²) in [6, 6.07) is 6.00. The lowest BCUT2D eigenvalue weighted by molar-refractivity contribution is 0.148. The van der Waals surface area contributed by atoms with Crippen LogP contribution in [0.4, 0.5) is 14.9 Å². The molecule has 26 heavy (non-hydrogen) atoms. The van der Waals surface area contributed by atoms with Gasteiger partial charge < -0.3 is 14.9 Å². The Morgan fingerprint density at radius 3 is 2.54 bits per heavy atom. The molecular formula is C19H25ClFN3O2. The van der Waals surface area contributed by atoms with Gasteiger partial charge in [-0.1, -0.05) is 23.7 Å². The summed E-state index contributed by atoms with van der Waals surface area (Å²) in [7, 11) is 0. The molecule has 3 aliphatic heterocycles. The van der Waals surface area contributed by atoms with Crippen molar-refractivity contribution in [1.82, 2.24) is 9.80 Å². The molecule has 3 aliphatic rings. The van der Waals surface area contributed by atoms with E-state index < -0.39 is 6.09 Å². The van der Waals surface area contributed by atoms with Crippen molar-refractivity contribution in [2.75, 3.05) is 50.8 Å². The number of anilines is 1. The number of para-hydroxylation sites is 1. The largest absolute Gasteiger partial charge is 0.465 e. The summed E-state index contributed by atoms with van der Waals surface area (Å²) in [5.41, 5.74) is 2.24. The summed E-state index contributed by atoms with van der Waals surface area (Å²) in [6.07, 6.45) is 0.0691. The Morgan fingerprint density at radius 1 is 1.19 bits per heavy atom. The second kappa shape index (κ2) is 7.24. The van der Waals surface area contributed by atoms with E-state index in [2.05, 4.69) is 15.9 Å². The van der Waals surface area contributed by atoms with Crippen molar-refractivity contribution in [3.8, 4) is 0 Å². The van der Waals surface area contributed by atoms with Gasteiger partial charge in [0.2, 0.25) is 0 Å². The number of hydrogen-bond donors (Lipinski definition) is 1. The molecule has 0 saturated carbocycles. The Balaban J connectivity index is 1.45. The molecule has 3 saturated heterocycles. The van der Waals surface area contributed by atoms with E-state index in [1.165, 1.54) is 5.56 Å². The van der Waals surface area contributed by atoms with Crippen LogP contribution in [-0.4, -0.2) is 66.9 Å². The molecule has 142 valence electrons. The van der Waals surface area contributed by atoms with Gasteiger partial charge in [0.15, 0.2) is 0 Å². The molecule has 2 unspecified atom stereocenters. The zero-order valence-corrected chi connectivity index (χ0v) is 15.5. The third-order valence-corrected chi connectivity index (χ3v) is 6.42. The molecule has 5 nitrogen and oxygen atoms in total. The Bertz CT molecular complexity index is 675. The summed E-state index contributed by atoms with van der Waals surface area (Å²) < 4.78 is 13.0. The van der Waals surface area contributed by atoms with E-state index >= 15 is 0 Å². The van der Waals surface area contributed by atoms with Gasteiger partial charge in [-0.25, -0.2) is 4.79 Å². The van der Waals surface area contributed by atoms with E-state index in [4.69, 9.17) is 16.7 Å². The molecule has 1 amide bonds. The lowest BCUT2D eigenvalue weighted by Crippen LogP contribution is -2.32. The van der Waals surface area contributed by atoms with E-state index in [0.29, 0.717) is 24.9 Å². The molecule has 7 heteroatoms. The van der Waals surface area contributed by atoms with Crippen LogP contribution < -0.4 is 4.90 Å². The van der Waals surface area contributed by atoms with E-state index in [9.17, 15) is 9.18 Å². The number of fused-ring (bicyclic) bond motifs is 1. The molecule has 3 atom stereocenters. The maximum absolute atomic E-state index is 13.0. The van der Waals surface area contributed by atoms with Crippen LogP contribution >= 0.6 is 11.6 Å². The van der Waals surface area contributed by atoms with Crippen molar-refractivity contribution in [3.63, 3.8) is 0 Å². The Hall–Kier alpha value is -1.53. The van der Waals surface area contributed by atoms with Gasteiger partial charge >= 0.3 is 6.09 Å². The van der Waals surface area contributed by atoms with Crippen LogP contribution in [-0.2, 0) is 6.54 Å². The SMILES string of the molecule is O=C(O)N1CC2CN(Cc3cccc(Cl)c3N3CC[C@H](CF)C3)CC2C1. The molecule has 0 radical (unpaired) electrons. The maximum Gasteiger partial charge on any atom is 0.407 e. The lowest BCUT2D eigenvalue weighted by atomic mass is 10.0. The van der Waals surface area contributed by atoms with Crippen LogP contribution in [0.3, 0.4) is 0 Å². The van der Waals surface area contributed by atoms with Crippen LogP contribution in [0.1, 0.15) is 12.0 Å². The van der Waals surface area contributed by atoms with E-state index in [0.717, 1.165) is 49.9 Å². The smallest absolute Gasteiger partial charge is 0.407 e. The molecule has 0 aromatic heterocycles. The molecule has 4 rings (SSSR count). The van der Waals surface area contributed by atoms with Crippen molar-refractivity contribution < 1.29 is 14.3 Å². The van der Waals surface area contributed by atoms with Crippen LogP contribution in [0, 0.1) is 17.8 Å². The van der Waals surface area contributed by atoms with Gasteiger partial charge in [0.05, 0.1) is 17.4 Å². The number of carboxylic acid groups (broad SMARTS) is 1. The van der Waals surface area contributed by atoms with Crippen LogP contribution in [0.5, 0.6) is 0 Å². The average Bonchev–Trinajstić information content (AvgIpc) is 3.29. The topological polar surface area (TPSA) is 47.0 Å². The number of halogens is 2. The van der Waals surface area contributed by atoms with Crippen LogP contribution in [0.2, 0.25) is 5.02 Å².